The molecule has 100 valence electrons. The van der Waals surface area contributed by atoms with E-state index in [9.17, 15) is 4.79 Å². The maximum Gasteiger partial charge on any atom is 0.257 e. The largest absolute Gasteiger partial charge is 0.397 e. The number of hydrogen-bond donors (Lipinski definition) is 1. The van der Waals surface area contributed by atoms with E-state index in [0.717, 1.165) is 9.35 Å². The Morgan fingerprint density at radius 3 is 2.95 bits per heavy atom. The summed E-state index contributed by atoms with van der Waals surface area (Å²) in [4.78, 5) is 18.8. The number of aromatic nitrogens is 1. The molecule has 2 aromatic rings. The summed E-state index contributed by atoms with van der Waals surface area (Å²) in [5.41, 5.74) is 6.36. The van der Waals surface area contributed by atoms with Crippen LogP contribution in [0.1, 0.15) is 15.2 Å². The number of thiophene rings is 1. The average molecular weight is 361 g/mol. The van der Waals surface area contributed by atoms with Crippen molar-refractivity contribution < 1.29 is 4.79 Å². The Labute approximate surface area is 128 Å². The molecule has 0 spiro atoms. The number of anilines is 1. The van der Waals surface area contributed by atoms with E-state index in [1.807, 2.05) is 11.4 Å². The van der Waals surface area contributed by atoms with Gasteiger partial charge in [-0.05, 0) is 28.1 Å². The van der Waals surface area contributed by atoms with Crippen molar-refractivity contribution in [1.29, 1.82) is 0 Å². The number of nitrogen functional groups attached to an aromatic ring is 1. The third-order valence-corrected chi connectivity index (χ3v) is 4.44. The summed E-state index contributed by atoms with van der Waals surface area (Å²) in [6.07, 6.45) is 1.43. The number of pyridine rings is 1. The third-order valence-electron chi connectivity index (χ3n) is 2.45. The van der Waals surface area contributed by atoms with Gasteiger partial charge in [-0.25, -0.2) is 4.98 Å². The number of rotatable bonds is 3. The summed E-state index contributed by atoms with van der Waals surface area (Å²) in [6.45, 7) is 0.514. The van der Waals surface area contributed by atoms with E-state index in [2.05, 4.69) is 20.9 Å². The maximum atomic E-state index is 12.3. The van der Waals surface area contributed by atoms with Crippen molar-refractivity contribution in [3.63, 3.8) is 0 Å². The van der Waals surface area contributed by atoms with Crippen LogP contribution in [0.5, 0.6) is 0 Å². The molecule has 2 rings (SSSR count). The SMILES string of the molecule is CN(Cc1cc(Br)cs1)C(=O)c1cc(N)cnc1Cl. The third kappa shape index (κ3) is 3.46. The molecule has 2 N–H and O–H groups in total. The summed E-state index contributed by atoms with van der Waals surface area (Å²) in [7, 11) is 1.72. The van der Waals surface area contributed by atoms with E-state index < -0.39 is 0 Å². The van der Waals surface area contributed by atoms with Gasteiger partial charge >= 0.3 is 0 Å². The van der Waals surface area contributed by atoms with Crippen molar-refractivity contribution in [2.24, 2.45) is 0 Å². The first-order valence-electron chi connectivity index (χ1n) is 5.37. The first-order valence-corrected chi connectivity index (χ1v) is 7.42. The standard InChI is InChI=1S/C12H11BrClN3OS/c1-17(5-9-2-7(13)6-19-9)12(18)10-3-8(15)4-16-11(10)14/h2-4,6H,5,15H2,1H3. The van der Waals surface area contributed by atoms with Crippen molar-refractivity contribution >= 4 is 50.5 Å². The van der Waals surface area contributed by atoms with Gasteiger partial charge in [0.25, 0.3) is 5.91 Å². The van der Waals surface area contributed by atoms with Crippen LogP contribution in [0.4, 0.5) is 5.69 Å². The van der Waals surface area contributed by atoms with Crippen LogP contribution in [0.15, 0.2) is 28.2 Å². The van der Waals surface area contributed by atoms with E-state index in [4.69, 9.17) is 17.3 Å². The van der Waals surface area contributed by atoms with Crippen LogP contribution in [0.3, 0.4) is 0 Å². The first-order chi connectivity index (χ1) is 8.97. The highest BCUT2D eigenvalue weighted by atomic mass is 79.9. The summed E-state index contributed by atoms with van der Waals surface area (Å²) in [6, 6.07) is 3.52. The fourth-order valence-electron chi connectivity index (χ4n) is 1.56. The number of carbonyl (C=O) groups is 1. The summed E-state index contributed by atoms with van der Waals surface area (Å²) >= 11 is 10.9. The summed E-state index contributed by atoms with van der Waals surface area (Å²) < 4.78 is 1.01. The van der Waals surface area contributed by atoms with Gasteiger partial charge in [-0.2, -0.15) is 0 Å². The van der Waals surface area contributed by atoms with Crippen molar-refractivity contribution in [2.45, 2.75) is 6.54 Å². The lowest BCUT2D eigenvalue weighted by molar-refractivity contribution is 0.0786. The molecule has 2 heterocycles. The number of halogens is 2. The second-order valence-electron chi connectivity index (χ2n) is 4.00. The van der Waals surface area contributed by atoms with Gasteiger partial charge in [-0.15, -0.1) is 11.3 Å². The zero-order chi connectivity index (χ0) is 14.0. The van der Waals surface area contributed by atoms with E-state index in [1.54, 1.807) is 29.4 Å². The molecule has 0 saturated carbocycles. The molecule has 0 atom stereocenters. The second kappa shape index (κ2) is 5.90. The van der Waals surface area contributed by atoms with Crippen molar-refractivity contribution in [3.05, 3.63) is 43.8 Å². The molecule has 0 unspecified atom stereocenters. The highest BCUT2D eigenvalue weighted by Gasteiger charge is 2.17. The second-order valence-corrected chi connectivity index (χ2v) is 6.27. The molecule has 0 aliphatic heterocycles. The molecule has 7 heteroatoms. The topological polar surface area (TPSA) is 59.2 Å². The fourth-order valence-corrected chi connectivity index (χ4v) is 3.25. The molecule has 1 amide bonds. The van der Waals surface area contributed by atoms with Gasteiger partial charge in [0, 0.05) is 21.8 Å². The Bertz CT molecular complexity index is 617. The predicted molar refractivity (Wildman–Crippen MR) is 81.5 cm³/mol. The minimum Gasteiger partial charge on any atom is -0.397 e. The van der Waals surface area contributed by atoms with E-state index in [-0.39, 0.29) is 11.1 Å². The molecule has 0 bridgehead atoms. The van der Waals surface area contributed by atoms with Crippen LogP contribution >= 0.6 is 38.9 Å². The predicted octanol–water partition coefficient (Wildman–Crippen LogP) is 3.41. The molecular weight excluding hydrogens is 350 g/mol. The number of carbonyl (C=O) groups excluding carboxylic acids is 1. The van der Waals surface area contributed by atoms with Gasteiger partial charge in [-0.1, -0.05) is 11.6 Å². The summed E-state index contributed by atoms with van der Waals surface area (Å²) in [5, 5.41) is 2.14. The Hall–Kier alpha value is -1.11. The van der Waals surface area contributed by atoms with Crippen LogP contribution in [-0.2, 0) is 6.54 Å². The van der Waals surface area contributed by atoms with Gasteiger partial charge in [0.15, 0.2) is 0 Å². The first kappa shape index (κ1) is 14.3. The number of nitrogens with two attached hydrogens (primary N) is 1. The van der Waals surface area contributed by atoms with E-state index >= 15 is 0 Å². The normalized spacial score (nSPS) is 10.5. The van der Waals surface area contributed by atoms with Gasteiger partial charge < -0.3 is 10.6 Å². The van der Waals surface area contributed by atoms with Gasteiger partial charge in [-0.3, -0.25) is 4.79 Å². The van der Waals surface area contributed by atoms with Crippen LogP contribution in [0.25, 0.3) is 0 Å². The fraction of sp³-hybridized carbons (Fsp3) is 0.167. The molecule has 0 aliphatic rings. The quantitative estimate of drug-likeness (QED) is 0.853. The Morgan fingerprint density at radius 2 is 2.32 bits per heavy atom. The lowest BCUT2D eigenvalue weighted by atomic mass is 10.2. The monoisotopic (exact) mass is 359 g/mol. The highest BCUT2D eigenvalue weighted by molar-refractivity contribution is 9.10. The molecule has 0 aliphatic carbocycles. The van der Waals surface area contributed by atoms with E-state index in [1.165, 1.54) is 6.20 Å². The number of amides is 1. The zero-order valence-corrected chi connectivity index (χ0v) is 13.2. The Balaban J connectivity index is 2.16. The van der Waals surface area contributed by atoms with Crippen LogP contribution in [0, 0.1) is 0 Å². The van der Waals surface area contributed by atoms with Gasteiger partial charge in [0.05, 0.1) is 24.0 Å². The van der Waals surface area contributed by atoms with Gasteiger partial charge in [0.2, 0.25) is 0 Å². The maximum absolute atomic E-state index is 12.3. The van der Waals surface area contributed by atoms with E-state index in [0.29, 0.717) is 17.8 Å². The molecule has 2 aromatic heterocycles. The lowest BCUT2D eigenvalue weighted by Crippen LogP contribution is -2.26. The average Bonchev–Trinajstić information content (AvgIpc) is 2.77. The number of nitrogens with zero attached hydrogens (tertiary/aromatic N) is 2. The van der Waals surface area contributed by atoms with Crippen LogP contribution < -0.4 is 5.73 Å². The van der Waals surface area contributed by atoms with Crippen LogP contribution in [0.2, 0.25) is 5.15 Å². The Kier molecular flexibility index (Phi) is 4.44. The molecule has 4 nitrogen and oxygen atoms in total. The molecule has 0 fully saturated rings. The smallest absolute Gasteiger partial charge is 0.257 e. The van der Waals surface area contributed by atoms with Crippen LogP contribution in [-0.4, -0.2) is 22.8 Å². The molecular formula is C12H11BrClN3OS. The highest BCUT2D eigenvalue weighted by Crippen LogP contribution is 2.22. The van der Waals surface area contributed by atoms with Crippen molar-refractivity contribution in [2.75, 3.05) is 12.8 Å². The van der Waals surface area contributed by atoms with Gasteiger partial charge in [0.1, 0.15) is 5.15 Å². The number of hydrogen-bond acceptors (Lipinski definition) is 4. The molecule has 0 saturated heterocycles. The molecule has 0 aromatic carbocycles. The summed E-state index contributed by atoms with van der Waals surface area (Å²) in [5.74, 6) is -0.200. The lowest BCUT2D eigenvalue weighted by Gasteiger charge is -2.16. The Morgan fingerprint density at radius 1 is 1.58 bits per heavy atom. The van der Waals surface area contributed by atoms with Crippen molar-refractivity contribution in [3.8, 4) is 0 Å². The minimum absolute atomic E-state index is 0.165. The minimum atomic E-state index is -0.200. The zero-order valence-electron chi connectivity index (χ0n) is 10.1. The molecule has 19 heavy (non-hydrogen) atoms. The van der Waals surface area contributed by atoms with Crippen molar-refractivity contribution in [1.82, 2.24) is 9.88 Å². The molecule has 0 radical (unpaired) electrons.